The van der Waals surface area contributed by atoms with Crippen LogP contribution in [-0.2, 0) is 16.0 Å². The zero-order valence-electron chi connectivity index (χ0n) is 20.6. The number of carbonyl (C=O) groups excluding carboxylic acids is 3. The summed E-state index contributed by atoms with van der Waals surface area (Å²) in [5.41, 5.74) is 5.57. The first kappa shape index (κ1) is 25.8. The molecule has 1 aromatic heterocycles. The first-order valence-corrected chi connectivity index (χ1v) is 12.9. The highest BCUT2D eigenvalue weighted by Crippen LogP contribution is 2.44. The molecule has 1 aliphatic carbocycles. The summed E-state index contributed by atoms with van der Waals surface area (Å²) < 4.78 is 20.5. The number of halogens is 1. The van der Waals surface area contributed by atoms with Crippen LogP contribution < -0.4 is 5.73 Å². The zero-order valence-corrected chi connectivity index (χ0v) is 21.4. The molecular formula is C27H30FN3O4S. The SMILES string of the molecule is CC(C)(C)OC(=O)N1[C@@H]2CC[C@@H](C2)[C@H]1C(=O)C[C@H](C#N)Cc1ccc(-c2ccc(C(N)=O)s2)cc1F. The Kier molecular flexibility index (Phi) is 7.19. The molecule has 2 heterocycles. The molecule has 0 radical (unpaired) electrons. The van der Waals surface area contributed by atoms with Crippen molar-refractivity contribution in [3.8, 4) is 16.5 Å². The summed E-state index contributed by atoms with van der Waals surface area (Å²) in [6, 6.07) is 9.54. The second-order valence-corrected chi connectivity index (χ2v) is 11.7. The predicted molar refractivity (Wildman–Crippen MR) is 134 cm³/mol. The van der Waals surface area contributed by atoms with Gasteiger partial charge in [0.25, 0.3) is 5.91 Å². The molecule has 7 nitrogen and oxygen atoms in total. The Bertz CT molecular complexity index is 1230. The molecule has 1 aromatic carbocycles. The number of Topliss-reactive ketones (excluding diaryl/α,β-unsaturated/α-hetero) is 1. The number of ketones is 1. The molecule has 4 atom stereocenters. The van der Waals surface area contributed by atoms with Crippen molar-refractivity contribution in [2.45, 2.75) is 70.6 Å². The molecule has 1 saturated carbocycles. The van der Waals surface area contributed by atoms with Crippen LogP contribution in [0.5, 0.6) is 0 Å². The Balaban J connectivity index is 1.45. The number of thiophene rings is 1. The highest BCUT2D eigenvalue weighted by Gasteiger charge is 2.52. The van der Waals surface area contributed by atoms with Crippen LogP contribution >= 0.6 is 11.3 Å². The van der Waals surface area contributed by atoms with Gasteiger partial charge in [-0.2, -0.15) is 5.26 Å². The average Bonchev–Trinajstić information content (AvgIpc) is 3.54. The van der Waals surface area contributed by atoms with Crippen LogP contribution in [0.1, 0.15) is 61.7 Å². The van der Waals surface area contributed by atoms with E-state index in [1.807, 2.05) is 0 Å². The van der Waals surface area contributed by atoms with Crippen molar-refractivity contribution in [3.63, 3.8) is 0 Å². The van der Waals surface area contributed by atoms with Crippen molar-refractivity contribution >= 4 is 29.1 Å². The molecule has 1 saturated heterocycles. The van der Waals surface area contributed by atoms with E-state index in [-0.39, 0.29) is 30.6 Å². The van der Waals surface area contributed by atoms with Gasteiger partial charge in [0, 0.05) is 17.3 Å². The fourth-order valence-corrected chi connectivity index (χ4v) is 6.12. The highest BCUT2D eigenvalue weighted by molar-refractivity contribution is 7.17. The Morgan fingerprint density at radius 3 is 2.61 bits per heavy atom. The molecule has 1 aliphatic heterocycles. The summed E-state index contributed by atoms with van der Waals surface area (Å²) in [6.07, 6.45) is 2.02. The number of carbonyl (C=O) groups is 3. The van der Waals surface area contributed by atoms with Crippen LogP contribution in [0, 0.1) is 29.0 Å². The number of likely N-dealkylation sites (tertiary alicyclic amines) is 1. The van der Waals surface area contributed by atoms with Gasteiger partial charge in [-0.25, -0.2) is 9.18 Å². The second kappa shape index (κ2) is 10.0. The number of fused-ring (bicyclic) bond motifs is 2. The Labute approximate surface area is 214 Å². The van der Waals surface area contributed by atoms with Crippen molar-refractivity contribution in [2.75, 3.05) is 0 Å². The van der Waals surface area contributed by atoms with Crippen LogP contribution in [0.15, 0.2) is 30.3 Å². The van der Waals surface area contributed by atoms with E-state index in [2.05, 4.69) is 6.07 Å². The smallest absolute Gasteiger partial charge is 0.411 e. The lowest BCUT2D eigenvalue weighted by atomic mass is 9.87. The quantitative estimate of drug-likeness (QED) is 0.557. The fourth-order valence-electron chi connectivity index (χ4n) is 5.26. The minimum Gasteiger partial charge on any atom is -0.444 e. The number of amides is 2. The van der Waals surface area contributed by atoms with Crippen molar-refractivity contribution in [3.05, 3.63) is 46.6 Å². The Hall–Kier alpha value is -3.25. The van der Waals surface area contributed by atoms with E-state index in [1.54, 1.807) is 49.9 Å². The average molecular weight is 512 g/mol. The lowest BCUT2D eigenvalue weighted by molar-refractivity contribution is -0.126. The number of nitriles is 1. The molecule has 190 valence electrons. The molecule has 2 aromatic rings. The summed E-state index contributed by atoms with van der Waals surface area (Å²) in [4.78, 5) is 40.2. The molecule has 0 spiro atoms. The molecule has 2 fully saturated rings. The van der Waals surface area contributed by atoms with E-state index in [0.717, 1.165) is 19.3 Å². The minimum atomic E-state index is -0.722. The third kappa shape index (κ3) is 5.44. The van der Waals surface area contributed by atoms with Crippen LogP contribution in [0.4, 0.5) is 9.18 Å². The number of rotatable bonds is 7. The van der Waals surface area contributed by atoms with Gasteiger partial charge in [-0.05, 0) is 81.7 Å². The van der Waals surface area contributed by atoms with Gasteiger partial charge in [0.2, 0.25) is 0 Å². The second-order valence-electron chi connectivity index (χ2n) is 10.6. The molecule has 2 amide bonds. The number of nitrogens with zero attached hydrogens (tertiary/aromatic N) is 2. The molecule has 2 N–H and O–H groups in total. The first-order valence-electron chi connectivity index (χ1n) is 12.1. The predicted octanol–water partition coefficient (Wildman–Crippen LogP) is 5.08. The largest absolute Gasteiger partial charge is 0.444 e. The van der Waals surface area contributed by atoms with Crippen molar-refractivity contribution in [1.82, 2.24) is 4.90 Å². The number of primary amides is 1. The van der Waals surface area contributed by atoms with Crippen molar-refractivity contribution in [2.24, 2.45) is 17.6 Å². The standard InChI is InChI=1S/C27H30FN3O4S/c1-27(2,3)35-26(34)31-19-7-6-18(12-19)24(31)21(32)11-15(14-29)10-16-4-5-17(13-20(16)28)22-8-9-23(36-22)25(30)33/h4-5,8-9,13,15,18-19,24H,6-7,10-12H2,1-3H3,(H2,30,33)/t15-,18+,19-,24+/m1/s1. The Morgan fingerprint density at radius 1 is 1.25 bits per heavy atom. The van der Waals surface area contributed by atoms with Gasteiger partial charge in [-0.15, -0.1) is 11.3 Å². The van der Waals surface area contributed by atoms with Crippen LogP contribution in [0.3, 0.4) is 0 Å². The lowest BCUT2D eigenvalue weighted by Gasteiger charge is -2.35. The normalized spacial score (nSPS) is 21.8. The molecule has 2 bridgehead atoms. The number of hydrogen-bond acceptors (Lipinski definition) is 6. The summed E-state index contributed by atoms with van der Waals surface area (Å²) in [7, 11) is 0. The summed E-state index contributed by atoms with van der Waals surface area (Å²) in [5, 5.41) is 9.75. The van der Waals surface area contributed by atoms with E-state index in [1.165, 1.54) is 17.4 Å². The number of hydrogen-bond donors (Lipinski definition) is 1. The van der Waals surface area contributed by atoms with Gasteiger partial charge in [0.05, 0.1) is 22.9 Å². The number of nitrogens with two attached hydrogens (primary N) is 1. The van der Waals surface area contributed by atoms with Gasteiger partial charge < -0.3 is 10.5 Å². The van der Waals surface area contributed by atoms with Gasteiger partial charge in [-0.3, -0.25) is 14.5 Å². The minimum absolute atomic E-state index is 0.0170. The topological polar surface area (TPSA) is 113 Å². The molecule has 0 unspecified atom stereocenters. The van der Waals surface area contributed by atoms with Gasteiger partial charge in [0.15, 0.2) is 5.78 Å². The molecule has 4 rings (SSSR count). The first-order chi connectivity index (χ1) is 17.0. The van der Waals surface area contributed by atoms with Crippen LogP contribution in [0.2, 0.25) is 0 Å². The maximum Gasteiger partial charge on any atom is 0.411 e. The lowest BCUT2D eigenvalue weighted by Crippen LogP contribution is -2.51. The highest BCUT2D eigenvalue weighted by atomic mass is 32.1. The van der Waals surface area contributed by atoms with Crippen LogP contribution in [0.25, 0.3) is 10.4 Å². The van der Waals surface area contributed by atoms with E-state index in [4.69, 9.17) is 10.5 Å². The number of piperidine rings is 1. The fraction of sp³-hybridized carbons (Fsp3) is 0.481. The summed E-state index contributed by atoms with van der Waals surface area (Å²) >= 11 is 1.18. The molecule has 9 heteroatoms. The maximum absolute atomic E-state index is 14.9. The van der Waals surface area contributed by atoms with Crippen LogP contribution in [-0.4, -0.2) is 40.4 Å². The molecule has 2 aliphatic rings. The van der Waals surface area contributed by atoms with Gasteiger partial charge >= 0.3 is 6.09 Å². The Morgan fingerprint density at radius 2 is 2.00 bits per heavy atom. The van der Waals surface area contributed by atoms with Gasteiger partial charge in [-0.1, -0.05) is 12.1 Å². The van der Waals surface area contributed by atoms with E-state index in [9.17, 15) is 24.0 Å². The summed E-state index contributed by atoms with van der Waals surface area (Å²) in [5.74, 6) is -1.84. The zero-order chi connectivity index (χ0) is 26.2. The number of benzene rings is 1. The van der Waals surface area contributed by atoms with E-state index in [0.29, 0.717) is 20.9 Å². The summed E-state index contributed by atoms with van der Waals surface area (Å²) in [6.45, 7) is 5.37. The van der Waals surface area contributed by atoms with E-state index >= 15 is 0 Å². The van der Waals surface area contributed by atoms with Crippen molar-refractivity contribution < 1.29 is 23.5 Å². The molecule has 36 heavy (non-hydrogen) atoms. The molecular weight excluding hydrogens is 481 g/mol. The monoisotopic (exact) mass is 511 g/mol. The van der Waals surface area contributed by atoms with E-state index < -0.39 is 35.4 Å². The maximum atomic E-state index is 14.9. The third-order valence-electron chi connectivity index (χ3n) is 6.80. The third-order valence-corrected chi connectivity index (χ3v) is 7.95. The van der Waals surface area contributed by atoms with Gasteiger partial charge in [0.1, 0.15) is 11.4 Å². The van der Waals surface area contributed by atoms with Crippen molar-refractivity contribution in [1.29, 1.82) is 5.26 Å². The number of ether oxygens (including phenoxy) is 1.